The lowest BCUT2D eigenvalue weighted by molar-refractivity contribution is 0.0539. The zero-order chi connectivity index (χ0) is 18.8. The summed E-state index contributed by atoms with van der Waals surface area (Å²) >= 11 is 0. The number of nitrogens with zero attached hydrogens (tertiary/aromatic N) is 2. The molecule has 142 valence electrons. The third-order valence-corrected chi connectivity index (χ3v) is 5.29. The largest absolute Gasteiger partial charge is 0.392 e. The van der Waals surface area contributed by atoms with Crippen LogP contribution in [0.2, 0.25) is 0 Å². The van der Waals surface area contributed by atoms with Crippen LogP contribution < -0.4 is 10.9 Å². The highest BCUT2D eigenvalue weighted by Gasteiger charge is 2.25. The number of nitrogens with one attached hydrogen (secondary N) is 1. The lowest BCUT2D eigenvalue weighted by Crippen LogP contribution is -2.47. The Hall–Kier alpha value is -1.76. The first-order chi connectivity index (χ1) is 12.4. The SMILES string of the molecule is Cc1cc(C(C)C)cc2c(=O)n(CC(O)C[C@H]3NCCC[C@@H]3O)cnc12. The summed E-state index contributed by atoms with van der Waals surface area (Å²) in [6, 6.07) is 3.87. The second-order valence-corrected chi connectivity index (χ2v) is 7.75. The van der Waals surface area contributed by atoms with Crippen LogP contribution in [-0.2, 0) is 6.54 Å². The lowest BCUT2D eigenvalue weighted by Gasteiger charge is -2.30. The van der Waals surface area contributed by atoms with E-state index in [-0.39, 0.29) is 18.1 Å². The second kappa shape index (κ2) is 7.86. The fraction of sp³-hybridized carbons (Fsp3) is 0.600. The number of aryl methyl sites for hydroxylation is 1. The van der Waals surface area contributed by atoms with Crippen molar-refractivity contribution in [3.05, 3.63) is 39.9 Å². The third-order valence-electron chi connectivity index (χ3n) is 5.29. The molecule has 0 aliphatic carbocycles. The Bertz CT molecular complexity index is 831. The van der Waals surface area contributed by atoms with Gasteiger partial charge in [0.05, 0.1) is 36.0 Å². The molecule has 1 saturated heterocycles. The Balaban J connectivity index is 1.83. The summed E-state index contributed by atoms with van der Waals surface area (Å²) in [5, 5.41) is 24.3. The van der Waals surface area contributed by atoms with E-state index in [0.717, 1.165) is 36.0 Å². The van der Waals surface area contributed by atoms with Crippen LogP contribution >= 0.6 is 0 Å². The van der Waals surface area contributed by atoms with Crippen molar-refractivity contribution in [2.24, 2.45) is 0 Å². The molecule has 6 nitrogen and oxygen atoms in total. The number of fused-ring (bicyclic) bond motifs is 1. The van der Waals surface area contributed by atoms with Crippen LogP contribution in [0.15, 0.2) is 23.3 Å². The van der Waals surface area contributed by atoms with Crippen LogP contribution in [0.5, 0.6) is 0 Å². The maximum Gasteiger partial charge on any atom is 0.261 e. The lowest BCUT2D eigenvalue weighted by atomic mass is 9.96. The number of hydrogen-bond donors (Lipinski definition) is 3. The monoisotopic (exact) mass is 359 g/mol. The quantitative estimate of drug-likeness (QED) is 0.756. The average molecular weight is 359 g/mol. The molecular weight excluding hydrogens is 330 g/mol. The van der Waals surface area contributed by atoms with E-state index in [1.165, 1.54) is 10.9 Å². The van der Waals surface area contributed by atoms with E-state index in [0.29, 0.717) is 17.7 Å². The predicted octanol–water partition coefficient (Wildman–Crippen LogP) is 1.69. The molecule has 0 radical (unpaired) electrons. The number of aliphatic hydroxyl groups excluding tert-OH is 2. The van der Waals surface area contributed by atoms with Gasteiger partial charge in [0.1, 0.15) is 0 Å². The molecule has 1 unspecified atom stereocenters. The van der Waals surface area contributed by atoms with E-state index < -0.39 is 12.2 Å². The fourth-order valence-electron chi connectivity index (χ4n) is 3.71. The molecule has 0 bridgehead atoms. The first-order valence-corrected chi connectivity index (χ1v) is 9.46. The van der Waals surface area contributed by atoms with Crippen LogP contribution in [-0.4, -0.2) is 44.6 Å². The molecule has 1 aromatic heterocycles. The normalized spacial score (nSPS) is 22.1. The molecule has 0 amide bonds. The van der Waals surface area contributed by atoms with Crippen molar-refractivity contribution in [3.63, 3.8) is 0 Å². The molecule has 3 atom stereocenters. The van der Waals surface area contributed by atoms with Gasteiger partial charge in [-0.2, -0.15) is 0 Å². The van der Waals surface area contributed by atoms with Gasteiger partial charge in [0.2, 0.25) is 0 Å². The summed E-state index contributed by atoms with van der Waals surface area (Å²) in [7, 11) is 0. The molecule has 0 spiro atoms. The van der Waals surface area contributed by atoms with Gasteiger partial charge in [0, 0.05) is 6.04 Å². The topological polar surface area (TPSA) is 87.4 Å². The smallest absolute Gasteiger partial charge is 0.261 e. The average Bonchev–Trinajstić information content (AvgIpc) is 2.59. The van der Waals surface area contributed by atoms with E-state index in [4.69, 9.17) is 0 Å². The molecular formula is C20H29N3O3. The number of aromatic nitrogens is 2. The van der Waals surface area contributed by atoms with Gasteiger partial charge >= 0.3 is 0 Å². The minimum atomic E-state index is -0.716. The molecule has 0 saturated carbocycles. The number of piperidine rings is 1. The molecule has 6 heteroatoms. The minimum Gasteiger partial charge on any atom is -0.392 e. The van der Waals surface area contributed by atoms with E-state index in [1.54, 1.807) is 0 Å². The van der Waals surface area contributed by atoms with Crippen molar-refractivity contribution in [1.82, 2.24) is 14.9 Å². The van der Waals surface area contributed by atoms with Crippen LogP contribution in [0.1, 0.15) is 50.2 Å². The predicted molar refractivity (Wildman–Crippen MR) is 102 cm³/mol. The summed E-state index contributed by atoms with van der Waals surface area (Å²) in [5.41, 5.74) is 2.69. The zero-order valence-corrected chi connectivity index (χ0v) is 15.8. The van der Waals surface area contributed by atoms with Gasteiger partial charge in [-0.3, -0.25) is 9.36 Å². The highest BCUT2D eigenvalue weighted by Crippen LogP contribution is 2.21. The summed E-state index contributed by atoms with van der Waals surface area (Å²) in [4.78, 5) is 17.3. The Morgan fingerprint density at radius 1 is 1.38 bits per heavy atom. The summed E-state index contributed by atoms with van der Waals surface area (Å²) < 4.78 is 1.48. The van der Waals surface area contributed by atoms with Gasteiger partial charge in [-0.05, 0) is 55.8 Å². The Morgan fingerprint density at radius 3 is 2.85 bits per heavy atom. The van der Waals surface area contributed by atoms with Gasteiger partial charge in [-0.1, -0.05) is 19.9 Å². The Kier molecular flexibility index (Phi) is 5.75. The molecule has 1 fully saturated rings. The van der Waals surface area contributed by atoms with Crippen LogP contribution in [0.4, 0.5) is 0 Å². The van der Waals surface area contributed by atoms with Crippen molar-refractivity contribution in [1.29, 1.82) is 0 Å². The standard InChI is InChI=1S/C20H29N3O3/c1-12(2)14-7-13(3)19-16(8-14)20(26)23(11-22-19)10-15(24)9-17-18(25)5-4-6-21-17/h7-8,11-12,15,17-18,21,24-25H,4-6,9-10H2,1-3H3/t15?,17-,18+/m1/s1. The summed E-state index contributed by atoms with van der Waals surface area (Å²) in [6.45, 7) is 7.19. The van der Waals surface area contributed by atoms with Gasteiger partial charge in [0.25, 0.3) is 5.56 Å². The Morgan fingerprint density at radius 2 is 2.15 bits per heavy atom. The molecule has 1 aliphatic heterocycles. The van der Waals surface area contributed by atoms with Crippen LogP contribution in [0, 0.1) is 6.92 Å². The third kappa shape index (κ3) is 3.98. The summed E-state index contributed by atoms with van der Waals surface area (Å²) in [5.74, 6) is 0.329. The molecule has 26 heavy (non-hydrogen) atoms. The number of benzene rings is 1. The van der Waals surface area contributed by atoms with E-state index >= 15 is 0 Å². The maximum atomic E-state index is 12.9. The zero-order valence-electron chi connectivity index (χ0n) is 15.8. The van der Waals surface area contributed by atoms with Crippen molar-refractivity contribution in [2.75, 3.05) is 6.54 Å². The number of rotatable bonds is 5. The highest BCUT2D eigenvalue weighted by atomic mass is 16.3. The van der Waals surface area contributed by atoms with E-state index in [9.17, 15) is 15.0 Å². The van der Waals surface area contributed by atoms with Crippen molar-refractivity contribution in [3.8, 4) is 0 Å². The van der Waals surface area contributed by atoms with Crippen molar-refractivity contribution < 1.29 is 10.2 Å². The molecule has 3 N–H and O–H groups in total. The van der Waals surface area contributed by atoms with E-state index in [2.05, 4.69) is 30.2 Å². The van der Waals surface area contributed by atoms with Crippen LogP contribution in [0.25, 0.3) is 10.9 Å². The molecule has 1 aliphatic rings. The Labute approximate surface area is 153 Å². The van der Waals surface area contributed by atoms with Gasteiger partial charge in [0.15, 0.2) is 0 Å². The van der Waals surface area contributed by atoms with Gasteiger partial charge < -0.3 is 15.5 Å². The molecule has 3 rings (SSSR count). The summed E-state index contributed by atoms with van der Waals surface area (Å²) in [6.07, 6.45) is 2.46. The molecule has 1 aromatic carbocycles. The first-order valence-electron chi connectivity index (χ1n) is 9.46. The van der Waals surface area contributed by atoms with Crippen LogP contribution in [0.3, 0.4) is 0 Å². The number of hydrogen-bond acceptors (Lipinski definition) is 5. The number of aliphatic hydroxyl groups is 2. The van der Waals surface area contributed by atoms with Crippen molar-refractivity contribution in [2.45, 2.75) is 70.7 Å². The molecule has 2 heterocycles. The van der Waals surface area contributed by atoms with Gasteiger partial charge in [-0.25, -0.2) is 4.98 Å². The highest BCUT2D eigenvalue weighted by molar-refractivity contribution is 5.81. The molecule has 2 aromatic rings. The maximum absolute atomic E-state index is 12.9. The fourth-order valence-corrected chi connectivity index (χ4v) is 3.71. The van der Waals surface area contributed by atoms with Crippen molar-refractivity contribution >= 4 is 10.9 Å². The van der Waals surface area contributed by atoms with E-state index in [1.807, 2.05) is 13.0 Å². The van der Waals surface area contributed by atoms with Gasteiger partial charge in [-0.15, -0.1) is 0 Å². The second-order valence-electron chi connectivity index (χ2n) is 7.75. The minimum absolute atomic E-state index is 0.127. The first kappa shape index (κ1) is 19.0.